The Morgan fingerprint density at radius 3 is 2.33 bits per heavy atom. The largest absolute Gasteiger partial charge is 0.399 e. The fourth-order valence-electron chi connectivity index (χ4n) is 10.3. The lowest BCUT2D eigenvalue weighted by molar-refractivity contribution is -0.150. The van der Waals surface area contributed by atoms with Crippen LogP contribution in [0.1, 0.15) is 145 Å². The lowest BCUT2D eigenvalue weighted by Gasteiger charge is -2.38. The third kappa shape index (κ3) is 13.9. The number of hydrogen-bond donors (Lipinski definition) is 5. The summed E-state index contributed by atoms with van der Waals surface area (Å²) in [6, 6.07) is 15.3. The summed E-state index contributed by atoms with van der Waals surface area (Å²) in [5.41, 5.74) is -4.43. The summed E-state index contributed by atoms with van der Waals surface area (Å²) in [5.74, 6) is 2.00. The van der Waals surface area contributed by atoms with Crippen molar-refractivity contribution in [2.45, 2.75) is 127 Å². The average molecular weight is 1140 g/mol. The van der Waals surface area contributed by atoms with Crippen LogP contribution in [0.25, 0.3) is 10.1 Å². The van der Waals surface area contributed by atoms with E-state index in [2.05, 4.69) is 27.8 Å². The number of fused-ring (bicyclic) bond motifs is 2. The zero-order valence-corrected chi connectivity index (χ0v) is 46.4. The quantitative estimate of drug-likeness (QED) is 0.0273. The maximum absolute atomic E-state index is 14.8. The number of piperidine rings is 1. The Kier molecular flexibility index (Phi) is 18.8. The standard InChI is InChI=1S/C57H65F2N6O13PS/c1-56(2,3)49(62-51(69)46-30-37-29-38(20-23-45(37)80-46)57(58,59)79(74,75)76)55(73)64-32-39(31-43(64)54(72)63-26-27-77-44(33-63)36-17-13-11-14-18-36)78-34-48(67)60-25-15-10-8-6-4-5-7-9-12-16-35-19-21-40-41(28-35)53(71)65(52(40)70)42-22-24-47(66)61-50(42)68/h11,13-14,17-21,23,28-30,39,42-44,49H,4-10,15,22,24-27,31-34H2,1-3H3,(H,60,67)(H,62,69)(H,61,66,68)(H2,74,75,76)/t39-,42?,43-,44?,49+/m0/s1. The summed E-state index contributed by atoms with van der Waals surface area (Å²) in [6.45, 7) is 6.04. The molecule has 8 rings (SSSR count). The third-order valence-corrected chi connectivity index (χ3v) is 16.8. The number of carbonyl (C=O) groups is 8. The van der Waals surface area contributed by atoms with Gasteiger partial charge in [0.2, 0.25) is 29.5 Å². The molecule has 0 bridgehead atoms. The van der Waals surface area contributed by atoms with Crippen molar-refractivity contribution in [3.8, 4) is 11.8 Å². The highest BCUT2D eigenvalue weighted by Crippen LogP contribution is 2.59. The number of imide groups is 2. The molecule has 80 heavy (non-hydrogen) atoms. The van der Waals surface area contributed by atoms with Crippen molar-refractivity contribution in [1.29, 1.82) is 0 Å². The number of nitrogens with zero attached hydrogens (tertiary/aromatic N) is 3. The first-order valence-corrected chi connectivity index (χ1v) is 29.2. The van der Waals surface area contributed by atoms with Crippen LogP contribution in [0.2, 0.25) is 0 Å². The van der Waals surface area contributed by atoms with Crippen LogP contribution in [-0.4, -0.2) is 135 Å². The van der Waals surface area contributed by atoms with Gasteiger partial charge in [-0.25, -0.2) is 0 Å². The highest BCUT2D eigenvalue weighted by Gasteiger charge is 2.51. The van der Waals surface area contributed by atoms with E-state index >= 15 is 0 Å². The van der Waals surface area contributed by atoms with Gasteiger partial charge in [-0.1, -0.05) is 101 Å². The van der Waals surface area contributed by atoms with Crippen LogP contribution in [-0.2, 0) is 43.7 Å². The Morgan fingerprint density at radius 1 is 0.900 bits per heavy atom. The zero-order chi connectivity index (χ0) is 57.5. The molecule has 23 heteroatoms. The van der Waals surface area contributed by atoms with E-state index in [1.807, 2.05) is 30.3 Å². The molecule has 5 heterocycles. The van der Waals surface area contributed by atoms with Crippen molar-refractivity contribution in [3.05, 3.63) is 105 Å². The molecule has 4 aliphatic heterocycles. The fourth-order valence-corrected chi connectivity index (χ4v) is 11.7. The van der Waals surface area contributed by atoms with Crippen molar-refractivity contribution >= 4 is 76.3 Å². The van der Waals surface area contributed by atoms with Gasteiger partial charge in [-0.3, -0.25) is 53.1 Å². The lowest BCUT2D eigenvalue weighted by atomic mass is 9.85. The van der Waals surface area contributed by atoms with E-state index in [1.165, 1.54) is 17.0 Å². The number of benzene rings is 3. The topological polar surface area (TPSA) is 258 Å². The summed E-state index contributed by atoms with van der Waals surface area (Å²) >= 11 is 0.945. The SMILES string of the molecule is CC(C)(C)[C@H](NC(=O)c1cc2cc(C(F)(F)P(=O)(O)O)ccc2s1)C(=O)N1C[C@@H](OCC(=O)NCCCCCCCCCC#Cc2ccc3c(c2)C(=O)N(C2CCC(=O)NC2=O)C3=O)C[C@H]1C(=O)N1CCOC(c2ccccc2)C1. The average Bonchev–Trinajstić information content (AvgIpc) is 4.19. The second-order valence-electron chi connectivity index (χ2n) is 21.5. The highest BCUT2D eigenvalue weighted by molar-refractivity contribution is 7.52. The number of halogens is 2. The molecule has 2 unspecified atom stereocenters. The monoisotopic (exact) mass is 1140 g/mol. The van der Waals surface area contributed by atoms with Crippen LogP contribution in [0, 0.1) is 17.3 Å². The smallest absolute Gasteiger partial charge is 0.370 e. The van der Waals surface area contributed by atoms with Gasteiger partial charge in [-0.2, -0.15) is 8.78 Å². The van der Waals surface area contributed by atoms with Crippen LogP contribution in [0.5, 0.6) is 0 Å². The number of thiophene rings is 1. The van der Waals surface area contributed by atoms with E-state index in [1.54, 1.807) is 43.9 Å². The van der Waals surface area contributed by atoms with Gasteiger partial charge in [0.25, 0.3) is 17.7 Å². The first-order valence-electron chi connectivity index (χ1n) is 26.8. The molecular formula is C57H65F2N6O13PS. The van der Waals surface area contributed by atoms with Crippen LogP contribution in [0.15, 0.2) is 72.8 Å². The van der Waals surface area contributed by atoms with Gasteiger partial charge in [0, 0.05) is 54.7 Å². The van der Waals surface area contributed by atoms with Gasteiger partial charge in [-0.05, 0) is 72.0 Å². The molecule has 0 spiro atoms. The maximum Gasteiger partial charge on any atom is 0.399 e. The number of amides is 8. The molecule has 3 fully saturated rings. The second kappa shape index (κ2) is 25.4. The van der Waals surface area contributed by atoms with Crippen LogP contribution >= 0.6 is 18.9 Å². The minimum absolute atomic E-state index is 0.0441. The minimum atomic E-state index is -5.85. The Bertz CT molecular complexity index is 3150. The highest BCUT2D eigenvalue weighted by atomic mass is 32.1. The summed E-state index contributed by atoms with van der Waals surface area (Å²) < 4.78 is 53.2. The number of hydrogen-bond acceptors (Lipinski definition) is 12. The lowest BCUT2D eigenvalue weighted by Crippen LogP contribution is -2.58. The molecule has 8 amide bonds. The van der Waals surface area contributed by atoms with Gasteiger partial charge in [0.05, 0.1) is 35.3 Å². The van der Waals surface area contributed by atoms with Gasteiger partial charge in [0.15, 0.2) is 0 Å². The van der Waals surface area contributed by atoms with Crippen LogP contribution in [0.4, 0.5) is 8.78 Å². The van der Waals surface area contributed by atoms with E-state index in [4.69, 9.17) is 9.47 Å². The molecule has 0 aliphatic carbocycles. The molecule has 3 aromatic carbocycles. The van der Waals surface area contributed by atoms with Crippen LogP contribution in [0.3, 0.4) is 0 Å². The number of morpholine rings is 1. The number of ether oxygens (including phenoxy) is 2. The van der Waals surface area contributed by atoms with E-state index in [0.717, 1.165) is 78.9 Å². The van der Waals surface area contributed by atoms with Crippen LogP contribution < -0.4 is 16.0 Å². The normalized spacial score (nSPS) is 20.1. The molecule has 4 aromatic rings. The number of likely N-dealkylation sites (tertiary alicyclic amines) is 1. The molecule has 19 nitrogen and oxygen atoms in total. The molecule has 426 valence electrons. The predicted octanol–water partition coefficient (Wildman–Crippen LogP) is 6.55. The van der Waals surface area contributed by atoms with E-state index in [0.29, 0.717) is 23.2 Å². The Labute approximate surface area is 465 Å². The number of rotatable bonds is 20. The summed E-state index contributed by atoms with van der Waals surface area (Å²) in [6.07, 6.45) is 6.19. The summed E-state index contributed by atoms with van der Waals surface area (Å²) in [7, 11) is -5.85. The zero-order valence-electron chi connectivity index (χ0n) is 44.7. The fraction of sp³-hybridized carbons (Fsp3) is 0.474. The molecule has 5 N–H and O–H groups in total. The number of unbranched alkanes of at least 4 members (excludes halogenated alkanes) is 7. The molecule has 3 saturated heterocycles. The van der Waals surface area contributed by atoms with E-state index in [9.17, 15) is 61.5 Å². The molecule has 0 radical (unpaired) electrons. The molecule has 4 aliphatic rings. The molecule has 0 saturated carbocycles. The van der Waals surface area contributed by atoms with Gasteiger partial charge in [0.1, 0.15) is 30.8 Å². The van der Waals surface area contributed by atoms with Crippen molar-refractivity contribution in [2.75, 3.05) is 39.4 Å². The van der Waals surface area contributed by atoms with Crippen molar-refractivity contribution < 1.29 is 71.0 Å². The first-order chi connectivity index (χ1) is 38.0. The van der Waals surface area contributed by atoms with Crippen molar-refractivity contribution in [2.24, 2.45) is 5.41 Å². The van der Waals surface area contributed by atoms with E-state index < -0.39 is 90.0 Å². The molecule has 1 aromatic heterocycles. The second-order valence-corrected chi connectivity index (χ2v) is 24.3. The molecular weight excluding hydrogens is 1080 g/mol. The summed E-state index contributed by atoms with van der Waals surface area (Å²) in [4.78, 5) is 129. The minimum Gasteiger partial charge on any atom is -0.370 e. The Hall–Kier alpha value is -6.73. The number of alkyl halides is 2. The van der Waals surface area contributed by atoms with E-state index in [-0.39, 0.29) is 85.3 Å². The van der Waals surface area contributed by atoms with Gasteiger partial charge in [-0.15, -0.1) is 11.3 Å². The maximum atomic E-state index is 14.8. The van der Waals surface area contributed by atoms with Gasteiger partial charge < -0.3 is 39.7 Å². The Balaban J connectivity index is 0.796. The van der Waals surface area contributed by atoms with Gasteiger partial charge >= 0.3 is 13.3 Å². The predicted molar refractivity (Wildman–Crippen MR) is 290 cm³/mol. The Morgan fingerprint density at radius 2 is 1.61 bits per heavy atom. The number of nitrogens with one attached hydrogen (secondary N) is 3. The third-order valence-electron chi connectivity index (χ3n) is 14.6. The summed E-state index contributed by atoms with van der Waals surface area (Å²) in [5, 5.41) is 8.04. The van der Waals surface area contributed by atoms with Crippen molar-refractivity contribution in [1.82, 2.24) is 30.7 Å². The number of carbonyl (C=O) groups excluding carboxylic acids is 8. The molecule has 5 atom stereocenters. The van der Waals surface area contributed by atoms with Crippen molar-refractivity contribution in [3.63, 3.8) is 0 Å². The first kappa shape index (κ1) is 59.4.